The fourth-order valence-electron chi connectivity index (χ4n) is 7.19. The largest absolute Gasteiger partial charge is 0.317 e. The van der Waals surface area contributed by atoms with Gasteiger partial charge in [-0.2, -0.15) is 0 Å². The Morgan fingerprint density at radius 3 is 1.64 bits per heavy atom. The molecule has 2 nitrogen and oxygen atoms in total. The number of hydrogen-bond acceptors (Lipinski definition) is 1. The first-order valence-corrected chi connectivity index (χ1v) is 17.0. The molecule has 0 spiro atoms. The van der Waals surface area contributed by atoms with E-state index in [2.05, 4.69) is 210 Å². The summed E-state index contributed by atoms with van der Waals surface area (Å²) in [5, 5.41) is 2.48. The number of allylic oxidation sites excluding steroid dienone is 4. The highest BCUT2D eigenvalue weighted by atomic mass is 15.1. The predicted octanol–water partition coefficient (Wildman–Crippen LogP) is 13.0. The molecule has 0 radical (unpaired) electrons. The van der Waals surface area contributed by atoms with Crippen molar-refractivity contribution in [3.05, 3.63) is 206 Å². The third kappa shape index (κ3) is 5.24. The number of anilines is 2. The first-order chi connectivity index (χ1) is 24.7. The summed E-state index contributed by atoms with van der Waals surface area (Å²) >= 11 is 0. The van der Waals surface area contributed by atoms with E-state index in [9.17, 15) is 0 Å². The summed E-state index contributed by atoms with van der Waals surface area (Å²) in [6.07, 6.45) is 8.36. The van der Waals surface area contributed by atoms with E-state index in [1.54, 1.807) is 0 Å². The molecule has 0 bridgehead atoms. The van der Waals surface area contributed by atoms with E-state index >= 15 is 0 Å². The maximum absolute atomic E-state index is 4.48. The smallest absolute Gasteiger partial charge is 0.0541 e. The van der Waals surface area contributed by atoms with Crippen molar-refractivity contribution in [1.29, 1.82) is 0 Å². The minimum atomic E-state index is 0.980. The number of fused-ring (bicyclic) bond motifs is 4. The zero-order valence-corrected chi connectivity index (χ0v) is 27.6. The van der Waals surface area contributed by atoms with Gasteiger partial charge in [0.1, 0.15) is 0 Å². The Kier molecular flexibility index (Phi) is 7.33. The molecule has 0 saturated heterocycles. The van der Waals surface area contributed by atoms with Crippen LogP contribution in [0.2, 0.25) is 0 Å². The maximum atomic E-state index is 4.48. The lowest BCUT2D eigenvalue weighted by molar-refractivity contribution is 1.18. The van der Waals surface area contributed by atoms with E-state index in [4.69, 9.17) is 0 Å². The highest BCUT2D eigenvalue weighted by Crippen LogP contribution is 2.40. The molecule has 0 amide bonds. The van der Waals surface area contributed by atoms with Crippen LogP contribution in [0.4, 0.5) is 11.4 Å². The Labute approximate surface area is 292 Å². The number of aromatic nitrogens is 1. The summed E-state index contributed by atoms with van der Waals surface area (Å²) in [5.74, 6) is 0. The molecule has 0 N–H and O–H groups in total. The van der Waals surface area contributed by atoms with Gasteiger partial charge in [0.05, 0.1) is 16.7 Å². The van der Waals surface area contributed by atoms with Crippen LogP contribution in [0.15, 0.2) is 201 Å². The third-order valence-electron chi connectivity index (χ3n) is 9.74. The fraction of sp³-hybridized carbons (Fsp3) is 0. The number of hydrogen-bond donors (Lipinski definition) is 0. The monoisotopic (exact) mass is 638 g/mol. The van der Waals surface area contributed by atoms with Crippen LogP contribution in [0, 0.1) is 0 Å². The molecule has 9 rings (SSSR count). The molecule has 236 valence electrons. The Hall–Kier alpha value is -6.64. The quantitative estimate of drug-likeness (QED) is 0.182. The second-order valence-corrected chi connectivity index (χ2v) is 12.7. The van der Waals surface area contributed by atoms with Gasteiger partial charge in [-0.05, 0) is 99.6 Å². The standard InChI is InChI=1S/C48H34N2/c1-34-12-10-11-31-49(41-25-19-37(20-26-41)35-13-4-2-5-14-35)46-29-23-39(32-44(34)46)40-24-30-48-45(33-40)43-17-8-9-18-47(43)50(48)42-27-21-38(22-28-42)36-15-6-3-7-16-36/h2-33H,1H2/b12-10-,31-11-. The van der Waals surface area contributed by atoms with Crippen molar-refractivity contribution in [3.8, 4) is 39.1 Å². The molecule has 1 aromatic heterocycles. The predicted molar refractivity (Wildman–Crippen MR) is 213 cm³/mol. The zero-order chi connectivity index (χ0) is 33.4. The highest BCUT2D eigenvalue weighted by molar-refractivity contribution is 6.10. The molecule has 2 heteroatoms. The summed E-state index contributed by atoms with van der Waals surface area (Å²) < 4.78 is 2.38. The van der Waals surface area contributed by atoms with Gasteiger partial charge in [0.15, 0.2) is 0 Å². The average molecular weight is 639 g/mol. The van der Waals surface area contributed by atoms with Crippen molar-refractivity contribution < 1.29 is 0 Å². The van der Waals surface area contributed by atoms with Crippen LogP contribution >= 0.6 is 0 Å². The molecule has 0 aliphatic carbocycles. The Bertz CT molecular complexity index is 2570. The van der Waals surface area contributed by atoms with Gasteiger partial charge < -0.3 is 9.47 Å². The van der Waals surface area contributed by atoms with Crippen LogP contribution in [0.25, 0.3) is 66.4 Å². The Balaban J connectivity index is 1.11. The van der Waals surface area contributed by atoms with Crippen molar-refractivity contribution in [3.63, 3.8) is 0 Å². The van der Waals surface area contributed by atoms with Gasteiger partial charge in [-0.15, -0.1) is 0 Å². The summed E-state index contributed by atoms with van der Waals surface area (Å²) in [7, 11) is 0. The van der Waals surface area contributed by atoms with Crippen LogP contribution in [-0.2, 0) is 0 Å². The van der Waals surface area contributed by atoms with Crippen LogP contribution < -0.4 is 4.90 Å². The van der Waals surface area contributed by atoms with Crippen molar-refractivity contribution in [1.82, 2.24) is 4.57 Å². The molecule has 0 fully saturated rings. The molecule has 2 heterocycles. The minimum Gasteiger partial charge on any atom is -0.317 e. The van der Waals surface area contributed by atoms with Gasteiger partial charge in [0.2, 0.25) is 0 Å². The number of para-hydroxylation sites is 1. The van der Waals surface area contributed by atoms with E-state index in [1.807, 2.05) is 0 Å². The van der Waals surface area contributed by atoms with Crippen LogP contribution in [0.3, 0.4) is 0 Å². The van der Waals surface area contributed by atoms with E-state index in [-0.39, 0.29) is 0 Å². The van der Waals surface area contributed by atoms with Crippen molar-refractivity contribution in [2.75, 3.05) is 4.90 Å². The van der Waals surface area contributed by atoms with Gasteiger partial charge in [-0.3, -0.25) is 0 Å². The van der Waals surface area contributed by atoms with Crippen LogP contribution in [-0.4, -0.2) is 4.57 Å². The second kappa shape index (κ2) is 12.4. The average Bonchev–Trinajstić information content (AvgIpc) is 3.51. The van der Waals surface area contributed by atoms with Gasteiger partial charge in [0.25, 0.3) is 0 Å². The number of rotatable bonds is 5. The SMILES string of the molecule is C=C1/C=C\C=C/N(c2ccc(-c3ccccc3)cc2)c2ccc(-c3ccc4c(c3)c3ccccc3n4-c3ccc(-c4ccccc4)cc3)cc21. The lowest BCUT2D eigenvalue weighted by Crippen LogP contribution is -2.11. The molecule has 1 aliphatic heterocycles. The molecule has 0 unspecified atom stereocenters. The third-order valence-corrected chi connectivity index (χ3v) is 9.74. The maximum Gasteiger partial charge on any atom is 0.0541 e. The zero-order valence-electron chi connectivity index (χ0n) is 27.6. The lowest BCUT2D eigenvalue weighted by Gasteiger charge is -2.26. The number of nitrogens with zero attached hydrogens (tertiary/aromatic N) is 2. The van der Waals surface area contributed by atoms with E-state index < -0.39 is 0 Å². The highest BCUT2D eigenvalue weighted by Gasteiger charge is 2.17. The summed E-state index contributed by atoms with van der Waals surface area (Å²) in [6.45, 7) is 4.48. The van der Waals surface area contributed by atoms with Crippen LogP contribution in [0.1, 0.15) is 5.56 Å². The van der Waals surface area contributed by atoms with Gasteiger partial charge in [-0.25, -0.2) is 0 Å². The first kappa shape index (κ1) is 29.5. The second-order valence-electron chi connectivity index (χ2n) is 12.7. The van der Waals surface area contributed by atoms with Crippen molar-refractivity contribution in [2.24, 2.45) is 0 Å². The molecule has 8 aromatic rings. The fourth-order valence-corrected chi connectivity index (χ4v) is 7.19. The normalized spacial score (nSPS) is 13.9. The molecule has 50 heavy (non-hydrogen) atoms. The Morgan fingerprint density at radius 1 is 0.400 bits per heavy atom. The summed E-state index contributed by atoms with van der Waals surface area (Å²) in [6, 6.07) is 61.0. The molecule has 0 atom stereocenters. The minimum absolute atomic E-state index is 0.980. The van der Waals surface area contributed by atoms with Gasteiger partial charge >= 0.3 is 0 Å². The molecule has 7 aromatic carbocycles. The Morgan fingerprint density at radius 2 is 0.940 bits per heavy atom. The molecular weight excluding hydrogens is 605 g/mol. The van der Waals surface area contributed by atoms with Crippen LogP contribution in [0.5, 0.6) is 0 Å². The summed E-state index contributed by atoms with van der Waals surface area (Å²) in [5.41, 5.74) is 15.0. The molecule has 0 saturated carbocycles. The topological polar surface area (TPSA) is 8.17 Å². The van der Waals surface area contributed by atoms with E-state index in [0.717, 1.165) is 33.8 Å². The van der Waals surface area contributed by atoms with Crippen molar-refractivity contribution in [2.45, 2.75) is 0 Å². The van der Waals surface area contributed by atoms with E-state index in [0.29, 0.717) is 0 Å². The summed E-state index contributed by atoms with van der Waals surface area (Å²) in [4.78, 5) is 2.25. The lowest BCUT2D eigenvalue weighted by atomic mass is 9.95. The van der Waals surface area contributed by atoms with E-state index in [1.165, 1.54) is 49.6 Å². The van der Waals surface area contributed by atoms with Gasteiger partial charge in [-0.1, -0.05) is 134 Å². The van der Waals surface area contributed by atoms with Gasteiger partial charge in [0, 0.05) is 33.9 Å². The van der Waals surface area contributed by atoms with Crippen molar-refractivity contribution >= 4 is 38.8 Å². The molecule has 1 aliphatic rings. The first-order valence-electron chi connectivity index (χ1n) is 17.0. The number of benzene rings is 7. The molecular formula is C48H34N2.